The fourth-order valence-corrected chi connectivity index (χ4v) is 6.65. The Morgan fingerprint density at radius 3 is 2.62 bits per heavy atom. The van der Waals surface area contributed by atoms with Crippen LogP contribution >= 0.6 is 11.6 Å². The molecule has 12 nitrogen and oxygen atoms in total. The van der Waals surface area contributed by atoms with Gasteiger partial charge in [0.25, 0.3) is 5.91 Å². The highest BCUT2D eigenvalue weighted by atomic mass is 35.5. The highest BCUT2D eigenvalue weighted by molar-refractivity contribution is 6.31. The zero-order valence-corrected chi connectivity index (χ0v) is 30.0. The van der Waals surface area contributed by atoms with Crippen molar-refractivity contribution in [3.63, 3.8) is 0 Å². The van der Waals surface area contributed by atoms with Gasteiger partial charge in [-0.05, 0) is 74.0 Å². The Balaban J connectivity index is 1.03. The number of benzene rings is 3. The number of halogens is 2. The summed E-state index contributed by atoms with van der Waals surface area (Å²) in [5.41, 5.74) is 2.63. The van der Waals surface area contributed by atoms with Crippen LogP contribution in [0.15, 0.2) is 104 Å². The van der Waals surface area contributed by atoms with E-state index in [-0.39, 0.29) is 35.1 Å². The van der Waals surface area contributed by atoms with Crippen molar-refractivity contribution in [2.75, 3.05) is 25.5 Å². The molecule has 1 fully saturated rings. The Morgan fingerprint density at radius 2 is 1.83 bits per heavy atom. The number of ether oxygens (including phenoxy) is 2. The lowest BCUT2D eigenvalue weighted by atomic mass is 10.0. The van der Waals surface area contributed by atoms with E-state index in [9.17, 15) is 14.0 Å². The predicted molar refractivity (Wildman–Crippen MR) is 199 cm³/mol. The Morgan fingerprint density at radius 1 is 1.04 bits per heavy atom. The van der Waals surface area contributed by atoms with Crippen LogP contribution in [0.4, 0.5) is 10.1 Å². The molecule has 1 saturated heterocycles. The normalized spacial score (nSPS) is 14.0. The van der Waals surface area contributed by atoms with Crippen molar-refractivity contribution in [3.8, 4) is 28.5 Å². The van der Waals surface area contributed by atoms with Gasteiger partial charge in [0.05, 0.1) is 11.9 Å². The Kier molecular flexibility index (Phi) is 10.6. The van der Waals surface area contributed by atoms with Crippen molar-refractivity contribution in [2.45, 2.75) is 45.3 Å². The maximum Gasteiger partial charge on any atom is 0.261 e. The number of amides is 2. The van der Waals surface area contributed by atoms with Crippen LogP contribution in [0.25, 0.3) is 16.9 Å². The molecule has 53 heavy (non-hydrogen) atoms. The molecule has 0 spiro atoms. The fraction of sp³-hybridized carbons (Fsp3) is 0.256. The van der Waals surface area contributed by atoms with E-state index in [2.05, 4.69) is 44.6 Å². The van der Waals surface area contributed by atoms with E-state index in [0.717, 1.165) is 36.4 Å². The molecule has 14 heteroatoms. The summed E-state index contributed by atoms with van der Waals surface area (Å²) >= 11 is 6.36. The first-order valence-corrected chi connectivity index (χ1v) is 17.7. The number of fused-ring (bicyclic) bond motifs is 1. The van der Waals surface area contributed by atoms with Gasteiger partial charge in [0.15, 0.2) is 5.65 Å². The molecule has 272 valence electrons. The number of alkyl halides is 1. The monoisotopic (exact) mass is 736 g/mol. The Labute approximate surface area is 310 Å². The summed E-state index contributed by atoms with van der Waals surface area (Å²) in [4.78, 5) is 35.6. The minimum absolute atomic E-state index is 0.0773. The average Bonchev–Trinajstić information content (AvgIpc) is 3.77. The van der Waals surface area contributed by atoms with E-state index in [1.54, 1.807) is 36.8 Å². The Bertz CT molecular complexity index is 2220. The van der Waals surface area contributed by atoms with Gasteiger partial charge in [0, 0.05) is 61.8 Å². The molecule has 6 aromatic rings. The van der Waals surface area contributed by atoms with Crippen molar-refractivity contribution in [3.05, 3.63) is 120 Å². The number of hydrogen-bond acceptors (Lipinski definition) is 8. The van der Waals surface area contributed by atoms with Gasteiger partial charge in [-0.2, -0.15) is 10.2 Å². The molecular formula is C39H38ClFN8O4. The lowest BCUT2D eigenvalue weighted by molar-refractivity contribution is -0.133. The van der Waals surface area contributed by atoms with Gasteiger partial charge in [-0.3, -0.25) is 19.2 Å². The summed E-state index contributed by atoms with van der Waals surface area (Å²) < 4.78 is 28.5. The van der Waals surface area contributed by atoms with E-state index < -0.39 is 12.3 Å². The largest absolute Gasteiger partial charge is 0.460 e. The predicted octanol–water partition coefficient (Wildman–Crippen LogP) is 7.11. The molecule has 2 amide bonds. The number of hydrogen-bond donors (Lipinski definition) is 1. The van der Waals surface area contributed by atoms with Gasteiger partial charge >= 0.3 is 0 Å². The second kappa shape index (κ2) is 15.8. The van der Waals surface area contributed by atoms with Crippen molar-refractivity contribution in [2.24, 2.45) is 0 Å². The van der Waals surface area contributed by atoms with Gasteiger partial charge in [-0.25, -0.2) is 13.9 Å². The maximum atomic E-state index is 14.1. The average molecular weight is 737 g/mol. The van der Waals surface area contributed by atoms with Gasteiger partial charge in [-0.15, -0.1) is 0 Å². The number of para-hydroxylation sites is 1. The number of nitrogens with one attached hydrogen (secondary N) is 1. The first-order chi connectivity index (χ1) is 25.7. The van der Waals surface area contributed by atoms with Crippen LogP contribution in [0.3, 0.4) is 0 Å². The van der Waals surface area contributed by atoms with Gasteiger partial charge in [0.2, 0.25) is 12.3 Å². The molecule has 0 aliphatic carbocycles. The summed E-state index contributed by atoms with van der Waals surface area (Å²) in [6, 6.07) is 24.5. The molecule has 1 N–H and O–H groups in total. The van der Waals surface area contributed by atoms with Gasteiger partial charge in [-0.1, -0.05) is 41.9 Å². The second-order valence-electron chi connectivity index (χ2n) is 12.9. The van der Waals surface area contributed by atoms with E-state index in [0.29, 0.717) is 35.4 Å². The zero-order valence-electron chi connectivity index (χ0n) is 29.2. The summed E-state index contributed by atoms with van der Waals surface area (Å²) in [6.07, 6.45) is 6.25. The van der Waals surface area contributed by atoms with Crippen LogP contribution in [0.1, 0.15) is 35.7 Å². The molecule has 0 saturated carbocycles. The standard InChI is InChI=1S/C39H38ClFN8O4/c1-26(41)52-35-13-12-28(40)21-32(35)37-34(44-39(51)33-22-43-49-17-7-16-42-38(33)49)24-48(45-37)25-36(50)47-18-14-29(15-19-47)46(2)23-27-8-6-11-31(20-27)53-30-9-4-3-5-10-30/h3-13,16-17,20-22,24,26,29H,14-15,18-19,23,25H2,1-2H3,(H,44,51). The van der Waals surface area contributed by atoms with Crippen LogP contribution < -0.4 is 14.8 Å². The van der Waals surface area contributed by atoms with Crippen molar-refractivity contribution in [1.29, 1.82) is 0 Å². The number of carbonyl (C=O) groups is 2. The molecular weight excluding hydrogens is 699 g/mol. The zero-order chi connectivity index (χ0) is 36.9. The molecule has 1 atom stereocenters. The number of piperidine rings is 1. The van der Waals surface area contributed by atoms with E-state index in [1.807, 2.05) is 47.4 Å². The third kappa shape index (κ3) is 8.48. The minimum atomic E-state index is -1.62. The molecule has 0 bridgehead atoms. The SMILES string of the molecule is CC(F)Oc1ccc(Cl)cc1-c1nn(CC(=O)N2CCC(N(C)Cc3cccc(Oc4ccccc4)c3)CC2)cc1NC(=O)c1cnn2cccnc12. The molecule has 1 aliphatic rings. The van der Waals surface area contributed by atoms with Crippen LogP contribution in [-0.2, 0) is 17.9 Å². The van der Waals surface area contributed by atoms with E-state index >= 15 is 0 Å². The summed E-state index contributed by atoms with van der Waals surface area (Å²) in [7, 11) is 2.11. The van der Waals surface area contributed by atoms with Crippen LogP contribution in [0.5, 0.6) is 17.2 Å². The van der Waals surface area contributed by atoms with Crippen molar-refractivity contribution in [1.82, 2.24) is 34.2 Å². The van der Waals surface area contributed by atoms with E-state index in [4.69, 9.17) is 21.1 Å². The fourth-order valence-electron chi connectivity index (χ4n) is 6.48. The number of aromatic nitrogens is 5. The first-order valence-electron chi connectivity index (χ1n) is 17.3. The summed E-state index contributed by atoms with van der Waals surface area (Å²) in [5.74, 6) is 1.15. The molecule has 0 radical (unpaired) electrons. The molecule has 4 heterocycles. The maximum absolute atomic E-state index is 14.1. The molecule has 1 aliphatic heterocycles. The lowest BCUT2D eigenvalue weighted by Gasteiger charge is -2.37. The molecule has 3 aromatic heterocycles. The van der Waals surface area contributed by atoms with Gasteiger partial charge < -0.3 is 19.7 Å². The quantitative estimate of drug-likeness (QED) is 0.141. The second-order valence-corrected chi connectivity index (χ2v) is 13.3. The highest BCUT2D eigenvalue weighted by Crippen LogP contribution is 2.37. The highest BCUT2D eigenvalue weighted by Gasteiger charge is 2.27. The Hall–Kier alpha value is -5.79. The number of rotatable bonds is 12. The van der Waals surface area contributed by atoms with Crippen molar-refractivity contribution >= 4 is 34.7 Å². The van der Waals surface area contributed by atoms with E-state index in [1.165, 1.54) is 28.4 Å². The molecule has 1 unspecified atom stereocenters. The summed E-state index contributed by atoms with van der Waals surface area (Å²) in [6.45, 7) is 3.11. The topological polar surface area (TPSA) is 119 Å². The first kappa shape index (κ1) is 35.6. The molecule has 7 rings (SSSR count). The van der Waals surface area contributed by atoms with Gasteiger partial charge in [0.1, 0.15) is 35.1 Å². The number of anilines is 1. The minimum Gasteiger partial charge on any atom is -0.460 e. The third-order valence-corrected chi connectivity index (χ3v) is 9.30. The lowest BCUT2D eigenvalue weighted by Crippen LogP contribution is -2.46. The van der Waals surface area contributed by atoms with Crippen LogP contribution in [0, 0.1) is 0 Å². The van der Waals surface area contributed by atoms with Crippen molar-refractivity contribution < 1.29 is 23.5 Å². The number of nitrogens with zero attached hydrogens (tertiary/aromatic N) is 7. The smallest absolute Gasteiger partial charge is 0.261 e. The van der Waals surface area contributed by atoms with Crippen LogP contribution in [0.2, 0.25) is 5.02 Å². The third-order valence-electron chi connectivity index (χ3n) is 9.07. The molecule has 3 aromatic carbocycles. The summed E-state index contributed by atoms with van der Waals surface area (Å²) in [5, 5.41) is 12.1. The number of carbonyl (C=O) groups excluding carboxylic acids is 2. The van der Waals surface area contributed by atoms with Crippen LogP contribution in [-0.4, -0.2) is 78.5 Å². The number of likely N-dealkylation sites (tertiary alicyclic amines) is 1.